The van der Waals surface area contributed by atoms with E-state index in [1.165, 1.54) is 6.42 Å². The average Bonchev–Trinajstić information content (AvgIpc) is 3.27. The lowest BCUT2D eigenvalue weighted by Crippen LogP contribution is -2.47. The second kappa shape index (κ2) is 8.95. The Morgan fingerprint density at radius 1 is 1.10 bits per heavy atom. The highest BCUT2D eigenvalue weighted by Gasteiger charge is 2.45. The number of hydrogen-bond acceptors (Lipinski definition) is 4. The quantitative estimate of drug-likeness (QED) is 0.740. The van der Waals surface area contributed by atoms with Gasteiger partial charge in [-0.1, -0.05) is 31.4 Å². The summed E-state index contributed by atoms with van der Waals surface area (Å²) < 4.78 is 11.4. The number of methoxy groups -OCH3 is 1. The first-order valence-electron chi connectivity index (χ1n) is 10.7. The minimum atomic E-state index is -0.398. The average molecular weight is 395 g/mol. The molecule has 154 valence electrons. The van der Waals surface area contributed by atoms with Gasteiger partial charge in [0.05, 0.1) is 25.2 Å². The summed E-state index contributed by atoms with van der Waals surface area (Å²) in [5, 5.41) is 0. The molecule has 1 saturated carbocycles. The number of aromatic nitrogens is 1. The van der Waals surface area contributed by atoms with Crippen LogP contribution in [0, 0.1) is 0 Å². The van der Waals surface area contributed by atoms with Crippen LogP contribution in [0.3, 0.4) is 0 Å². The topological polar surface area (TPSA) is 51.7 Å². The number of carbonyl (C=O) groups is 1. The smallest absolute Gasteiger partial charge is 0.233 e. The van der Waals surface area contributed by atoms with Gasteiger partial charge in [0.15, 0.2) is 0 Å². The molecule has 0 radical (unpaired) electrons. The molecule has 2 heterocycles. The van der Waals surface area contributed by atoms with E-state index in [1.54, 1.807) is 19.5 Å². The first kappa shape index (κ1) is 19.9. The van der Waals surface area contributed by atoms with E-state index < -0.39 is 5.41 Å². The number of hydrogen-bond donors (Lipinski definition) is 0. The molecule has 5 nitrogen and oxygen atoms in total. The Bertz CT molecular complexity index is 801. The van der Waals surface area contributed by atoms with Crippen LogP contribution in [0.2, 0.25) is 0 Å². The predicted molar refractivity (Wildman–Crippen MR) is 112 cm³/mol. The molecule has 1 aromatic heterocycles. The van der Waals surface area contributed by atoms with Crippen LogP contribution in [-0.4, -0.2) is 42.1 Å². The number of benzene rings is 1. The molecule has 1 unspecified atom stereocenters. The van der Waals surface area contributed by atoms with Gasteiger partial charge in [-0.2, -0.15) is 0 Å². The number of nitrogens with zero attached hydrogens (tertiary/aromatic N) is 2. The summed E-state index contributed by atoms with van der Waals surface area (Å²) in [6.07, 6.45) is 9.84. The van der Waals surface area contributed by atoms with Crippen molar-refractivity contribution in [3.63, 3.8) is 0 Å². The minimum Gasteiger partial charge on any atom is -0.497 e. The van der Waals surface area contributed by atoms with E-state index in [-0.39, 0.29) is 12.0 Å². The summed E-state index contributed by atoms with van der Waals surface area (Å²) >= 11 is 0. The van der Waals surface area contributed by atoms with Crippen molar-refractivity contribution in [1.29, 1.82) is 0 Å². The molecule has 4 rings (SSSR count). The molecule has 1 aliphatic carbocycles. The Balaban J connectivity index is 1.45. The molecule has 0 N–H and O–H groups in total. The summed E-state index contributed by atoms with van der Waals surface area (Å²) in [6, 6.07) is 12.1. The van der Waals surface area contributed by atoms with Crippen molar-refractivity contribution in [2.24, 2.45) is 0 Å². The third-order valence-corrected chi connectivity index (χ3v) is 6.43. The number of likely N-dealkylation sites (tertiary alicyclic amines) is 1. The van der Waals surface area contributed by atoms with Crippen LogP contribution < -0.4 is 4.74 Å². The second-order valence-electron chi connectivity index (χ2n) is 8.20. The Morgan fingerprint density at radius 2 is 1.83 bits per heavy atom. The van der Waals surface area contributed by atoms with Gasteiger partial charge in [0.1, 0.15) is 5.75 Å². The lowest BCUT2D eigenvalue weighted by atomic mass is 9.68. The van der Waals surface area contributed by atoms with E-state index in [2.05, 4.69) is 17.1 Å². The van der Waals surface area contributed by atoms with Crippen LogP contribution in [-0.2, 0) is 21.6 Å². The van der Waals surface area contributed by atoms with Crippen molar-refractivity contribution in [3.8, 4) is 5.75 Å². The van der Waals surface area contributed by atoms with E-state index in [0.717, 1.165) is 55.5 Å². The van der Waals surface area contributed by atoms with Gasteiger partial charge in [-0.15, -0.1) is 0 Å². The van der Waals surface area contributed by atoms with Gasteiger partial charge < -0.3 is 14.4 Å². The van der Waals surface area contributed by atoms with Crippen LogP contribution in [0.4, 0.5) is 0 Å². The molecule has 2 aliphatic rings. The molecule has 1 aromatic carbocycles. The van der Waals surface area contributed by atoms with Crippen LogP contribution in [0.15, 0.2) is 48.8 Å². The first-order chi connectivity index (χ1) is 14.2. The Kier molecular flexibility index (Phi) is 6.14. The maximum atomic E-state index is 13.7. The largest absolute Gasteiger partial charge is 0.497 e. The van der Waals surface area contributed by atoms with Crippen LogP contribution >= 0.6 is 0 Å². The van der Waals surface area contributed by atoms with E-state index in [9.17, 15) is 4.79 Å². The maximum absolute atomic E-state index is 13.7. The summed E-state index contributed by atoms with van der Waals surface area (Å²) in [5.41, 5.74) is 1.85. The van der Waals surface area contributed by atoms with Gasteiger partial charge in [0.25, 0.3) is 0 Å². The number of amides is 1. The molecular weight excluding hydrogens is 364 g/mol. The molecule has 2 fully saturated rings. The fraction of sp³-hybridized carbons (Fsp3) is 0.500. The van der Waals surface area contributed by atoms with Gasteiger partial charge in [-0.05, 0) is 54.7 Å². The van der Waals surface area contributed by atoms with Crippen LogP contribution in [0.25, 0.3) is 0 Å². The Morgan fingerprint density at radius 3 is 2.52 bits per heavy atom. The van der Waals surface area contributed by atoms with Crippen molar-refractivity contribution in [2.75, 3.05) is 20.2 Å². The zero-order valence-corrected chi connectivity index (χ0v) is 17.2. The zero-order valence-electron chi connectivity index (χ0n) is 17.2. The van der Waals surface area contributed by atoms with Crippen molar-refractivity contribution in [3.05, 3.63) is 59.9 Å². The fourth-order valence-corrected chi connectivity index (χ4v) is 4.74. The number of ether oxygens (including phenoxy) is 2. The van der Waals surface area contributed by atoms with Gasteiger partial charge in [0, 0.05) is 25.5 Å². The highest BCUT2D eigenvalue weighted by atomic mass is 16.5. The fourth-order valence-electron chi connectivity index (χ4n) is 4.74. The molecule has 1 saturated heterocycles. The zero-order chi connectivity index (χ0) is 20.1. The summed E-state index contributed by atoms with van der Waals surface area (Å²) in [5.74, 6) is 1.11. The summed E-state index contributed by atoms with van der Waals surface area (Å²) in [6.45, 7) is 2.03. The molecule has 1 atom stereocenters. The monoisotopic (exact) mass is 394 g/mol. The van der Waals surface area contributed by atoms with E-state index >= 15 is 0 Å². The number of carbonyl (C=O) groups excluding carboxylic acids is 1. The molecule has 2 aromatic rings. The summed E-state index contributed by atoms with van der Waals surface area (Å²) in [7, 11) is 1.67. The van der Waals surface area contributed by atoms with Gasteiger partial charge in [-0.25, -0.2) is 0 Å². The molecule has 0 bridgehead atoms. The van der Waals surface area contributed by atoms with E-state index in [4.69, 9.17) is 9.47 Å². The van der Waals surface area contributed by atoms with Gasteiger partial charge in [-0.3, -0.25) is 9.78 Å². The normalized spacial score (nSPS) is 21.1. The maximum Gasteiger partial charge on any atom is 0.233 e. The Hall–Kier alpha value is -2.40. The predicted octanol–water partition coefficient (Wildman–Crippen LogP) is 4.11. The molecular formula is C24H30N2O3. The molecule has 29 heavy (non-hydrogen) atoms. The number of rotatable bonds is 6. The van der Waals surface area contributed by atoms with Crippen LogP contribution in [0.1, 0.15) is 49.7 Å². The van der Waals surface area contributed by atoms with E-state index in [1.807, 2.05) is 29.2 Å². The number of pyridine rings is 1. The molecule has 1 aliphatic heterocycles. The van der Waals surface area contributed by atoms with Crippen molar-refractivity contribution >= 4 is 5.91 Å². The standard InChI is InChI=1S/C24H30N2O3/c1-28-21-7-5-20(6-8-21)24(12-3-2-4-13-24)23(27)26-16-11-22(17-26)29-18-19-9-14-25-15-10-19/h5-10,14-15,22H,2-4,11-13,16-18H2,1H3. The van der Waals surface area contributed by atoms with Gasteiger partial charge >= 0.3 is 0 Å². The van der Waals surface area contributed by atoms with Crippen molar-refractivity contribution < 1.29 is 14.3 Å². The summed E-state index contributed by atoms with van der Waals surface area (Å²) in [4.78, 5) is 19.8. The minimum absolute atomic E-state index is 0.101. The van der Waals surface area contributed by atoms with Crippen molar-refractivity contribution in [2.45, 2.75) is 56.7 Å². The highest BCUT2D eigenvalue weighted by molar-refractivity contribution is 5.88. The third kappa shape index (κ3) is 4.30. The molecule has 1 amide bonds. The van der Waals surface area contributed by atoms with E-state index in [0.29, 0.717) is 13.2 Å². The second-order valence-corrected chi connectivity index (χ2v) is 8.20. The third-order valence-electron chi connectivity index (χ3n) is 6.43. The SMILES string of the molecule is COc1ccc(C2(C(=O)N3CCC(OCc4ccncc4)C3)CCCCC2)cc1. The first-order valence-corrected chi connectivity index (χ1v) is 10.7. The lowest BCUT2D eigenvalue weighted by Gasteiger charge is -2.39. The van der Waals surface area contributed by atoms with Crippen LogP contribution in [0.5, 0.6) is 5.75 Å². The van der Waals surface area contributed by atoms with Gasteiger partial charge in [0.2, 0.25) is 5.91 Å². The molecule has 0 spiro atoms. The Labute approximate surface area is 173 Å². The highest BCUT2D eigenvalue weighted by Crippen LogP contribution is 2.42. The molecule has 5 heteroatoms. The lowest BCUT2D eigenvalue weighted by molar-refractivity contribution is -0.138. The van der Waals surface area contributed by atoms with Crippen molar-refractivity contribution in [1.82, 2.24) is 9.88 Å².